The quantitative estimate of drug-likeness (QED) is 0.298. The molecule has 0 aromatic heterocycles. The molecule has 2 aromatic rings. The standard InChI is InChI=1S/C26H38S3/c1-7-13-27-23-15-19(9-3)25(20(10-4)16-23)29-26-21(11-5)17-24(28-14-8-2)18-22(26)12-6/h15-18H,7-14H2,1-6H3. The molecule has 0 aliphatic heterocycles. The van der Waals surface area contributed by atoms with Crippen LogP contribution in [0, 0.1) is 0 Å². The molecule has 0 radical (unpaired) electrons. The Morgan fingerprint density at radius 3 is 1.07 bits per heavy atom. The van der Waals surface area contributed by atoms with E-state index in [1.54, 1.807) is 0 Å². The van der Waals surface area contributed by atoms with Crippen LogP contribution in [0.4, 0.5) is 0 Å². The van der Waals surface area contributed by atoms with E-state index in [2.05, 4.69) is 65.8 Å². The summed E-state index contributed by atoms with van der Waals surface area (Å²) in [6, 6.07) is 9.80. The summed E-state index contributed by atoms with van der Waals surface area (Å²) in [6.45, 7) is 13.7. The summed E-state index contributed by atoms with van der Waals surface area (Å²) < 4.78 is 0. The van der Waals surface area contributed by atoms with Crippen molar-refractivity contribution in [2.75, 3.05) is 11.5 Å². The molecule has 0 atom stereocenters. The predicted octanol–water partition coefficient (Wildman–Crippen LogP) is 9.09. The molecule has 160 valence electrons. The van der Waals surface area contributed by atoms with E-state index in [0.717, 1.165) is 25.7 Å². The molecular weight excluding hydrogens is 408 g/mol. The molecule has 0 bridgehead atoms. The van der Waals surface area contributed by atoms with E-state index in [4.69, 9.17) is 0 Å². The Kier molecular flexibility index (Phi) is 11.1. The third kappa shape index (κ3) is 6.74. The van der Waals surface area contributed by atoms with Gasteiger partial charge in [-0.25, -0.2) is 0 Å². The first-order valence-electron chi connectivity index (χ1n) is 11.4. The van der Waals surface area contributed by atoms with Crippen molar-refractivity contribution in [3.8, 4) is 0 Å². The Bertz CT molecular complexity index is 664. The molecule has 2 aromatic carbocycles. The molecule has 29 heavy (non-hydrogen) atoms. The number of benzene rings is 2. The highest BCUT2D eigenvalue weighted by Crippen LogP contribution is 2.41. The van der Waals surface area contributed by atoms with Gasteiger partial charge in [0.05, 0.1) is 0 Å². The lowest BCUT2D eigenvalue weighted by molar-refractivity contribution is 0.968. The second-order valence-corrected chi connectivity index (χ2v) is 10.7. The van der Waals surface area contributed by atoms with Gasteiger partial charge in [-0.05, 0) is 96.5 Å². The topological polar surface area (TPSA) is 0 Å². The Balaban J connectivity index is 2.48. The molecule has 0 saturated carbocycles. The van der Waals surface area contributed by atoms with Crippen LogP contribution in [-0.2, 0) is 25.7 Å². The summed E-state index contributed by atoms with van der Waals surface area (Å²) in [5.41, 5.74) is 6.06. The lowest BCUT2D eigenvalue weighted by Gasteiger charge is -2.20. The number of thioether (sulfide) groups is 2. The van der Waals surface area contributed by atoms with E-state index in [1.165, 1.54) is 66.2 Å². The van der Waals surface area contributed by atoms with Crippen LogP contribution in [0.1, 0.15) is 76.6 Å². The minimum Gasteiger partial charge on any atom is -0.126 e. The number of hydrogen-bond donors (Lipinski definition) is 0. The minimum absolute atomic E-state index is 1.10. The van der Waals surface area contributed by atoms with Crippen LogP contribution >= 0.6 is 35.3 Å². The zero-order valence-electron chi connectivity index (χ0n) is 19.2. The smallest absolute Gasteiger partial charge is 0.0187 e. The van der Waals surface area contributed by atoms with Crippen molar-refractivity contribution in [1.29, 1.82) is 0 Å². The van der Waals surface area contributed by atoms with Gasteiger partial charge in [0.2, 0.25) is 0 Å². The average molecular weight is 447 g/mol. The first-order chi connectivity index (χ1) is 14.1. The molecule has 0 spiro atoms. The molecule has 3 heteroatoms. The normalized spacial score (nSPS) is 11.2. The maximum Gasteiger partial charge on any atom is 0.0187 e. The van der Waals surface area contributed by atoms with Gasteiger partial charge in [-0.1, -0.05) is 53.3 Å². The SMILES string of the molecule is CCCSc1cc(CC)c(Sc2c(CC)cc(SCCC)cc2CC)c(CC)c1. The molecule has 0 amide bonds. The summed E-state index contributed by atoms with van der Waals surface area (Å²) in [5.74, 6) is 2.41. The maximum absolute atomic E-state index is 2.45. The maximum atomic E-state index is 2.45. The largest absolute Gasteiger partial charge is 0.126 e. The second kappa shape index (κ2) is 13.0. The number of hydrogen-bond acceptors (Lipinski definition) is 3. The first-order valence-corrected chi connectivity index (χ1v) is 14.1. The Labute approximate surface area is 192 Å². The van der Waals surface area contributed by atoms with Crippen LogP contribution in [0.15, 0.2) is 43.8 Å². The van der Waals surface area contributed by atoms with Crippen LogP contribution in [0.25, 0.3) is 0 Å². The lowest BCUT2D eigenvalue weighted by Crippen LogP contribution is -1.99. The Morgan fingerprint density at radius 1 is 0.517 bits per heavy atom. The lowest BCUT2D eigenvalue weighted by atomic mass is 10.1. The zero-order valence-corrected chi connectivity index (χ0v) is 21.6. The van der Waals surface area contributed by atoms with E-state index < -0.39 is 0 Å². The molecule has 2 rings (SSSR count). The minimum atomic E-state index is 1.10. The van der Waals surface area contributed by atoms with Crippen LogP contribution in [0.3, 0.4) is 0 Å². The molecule has 0 unspecified atom stereocenters. The first kappa shape index (κ1) is 24.8. The summed E-state index contributed by atoms with van der Waals surface area (Å²) in [5, 5.41) is 0. The van der Waals surface area contributed by atoms with Gasteiger partial charge in [0.15, 0.2) is 0 Å². The van der Waals surface area contributed by atoms with Gasteiger partial charge in [0.1, 0.15) is 0 Å². The highest BCUT2D eigenvalue weighted by Gasteiger charge is 2.16. The number of aryl methyl sites for hydroxylation is 4. The zero-order chi connectivity index (χ0) is 21.2. The second-order valence-electron chi connectivity index (χ2n) is 7.35. The van der Waals surface area contributed by atoms with Gasteiger partial charge in [0, 0.05) is 19.6 Å². The predicted molar refractivity (Wildman–Crippen MR) is 137 cm³/mol. The summed E-state index contributed by atoms with van der Waals surface area (Å²) in [7, 11) is 0. The molecule has 0 fully saturated rings. The summed E-state index contributed by atoms with van der Waals surface area (Å²) in [4.78, 5) is 5.91. The van der Waals surface area contributed by atoms with E-state index in [1.807, 2.05) is 35.3 Å². The van der Waals surface area contributed by atoms with Crippen molar-refractivity contribution in [3.05, 3.63) is 46.5 Å². The van der Waals surface area contributed by atoms with Crippen molar-refractivity contribution in [1.82, 2.24) is 0 Å². The Morgan fingerprint density at radius 2 is 0.828 bits per heavy atom. The van der Waals surface area contributed by atoms with Crippen LogP contribution in [-0.4, -0.2) is 11.5 Å². The van der Waals surface area contributed by atoms with E-state index >= 15 is 0 Å². The van der Waals surface area contributed by atoms with Gasteiger partial charge in [-0.3, -0.25) is 0 Å². The monoisotopic (exact) mass is 446 g/mol. The highest BCUT2D eigenvalue weighted by atomic mass is 32.2. The van der Waals surface area contributed by atoms with Crippen LogP contribution < -0.4 is 0 Å². The third-order valence-electron chi connectivity index (χ3n) is 5.11. The average Bonchev–Trinajstić information content (AvgIpc) is 2.76. The molecular formula is C26H38S3. The van der Waals surface area contributed by atoms with Crippen molar-refractivity contribution in [2.24, 2.45) is 0 Å². The number of rotatable bonds is 12. The highest BCUT2D eigenvalue weighted by molar-refractivity contribution is 8.00. The van der Waals surface area contributed by atoms with E-state index in [9.17, 15) is 0 Å². The fraction of sp³-hybridized carbons (Fsp3) is 0.538. The van der Waals surface area contributed by atoms with Gasteiger partial charge in [-0.2, -0.15) is 0 Å². The summed E-state index contributed by atoms with van der Waals surface area (Å²) in [6.07, 6.45) is 6.86. The van der Waals surface area contributed by atoms with Gasteiger partial charge in [-0.15, -0.1) is 23.5 Å². The molecule has 0 N–H and O–H groups in total. The van der Waals surface area contributed by atoms with E-state index in [-0.39, 0.29) is 0 Å². The van der Waals surface area contributed by atoms with Crippen LogP contribution in [0.2, 0.25) is 0 Å². The third-order valence-corrected chi connectivity index (χ3v) is 8.93. The van der Waals surface area contributed by atoms with Crippen molar-refractivity contribution >= 4 is 35.3 Å². The van der Waals surface area contributed by atoms with Crippen molar-refractivity contribution in [2.45, 2.75) is 99.6 Å². The van der Waals surface area contributed by atoms with Gasteiger partial charge >= 0.3 is 0 Å². The van der Waals surface area contributed by atoms with Gasteiger partial charge < -0.3 is 0 Å². The van der Waals surface area contributed by atoms with Crippen molar-refractivity contribution < 1.29 is 0 Å². The Hall–Kier alpha value is -0.510. The van der Waals surface area contributed by atoms with Gasteiger partial charge in [0.25, 0.3) is 0 Å². The molecule has 0 heterocycles. The molecule has 0 aliphatic rings. The van der Waals surface area contributed by atoms with Crippen LogP contribution in [0.5, 0.6) is 0 Å². The summed E-state index contributed by atoms with van der Waals surface area (Å²) >= 11 is 6.05. The fourth-order valence-electron chi connectivity index (χ4n) is 3.47. The fourth-order valence-corrected chi connectivity index (χ4v) is 6.79. The van der Waals surface area contributed by atoms with Crippen molar-refractivity contribution in [3.63, 3.8) is 0 Å². The molecule has 0 aliphatic carbocycles. The van der Waals surface area contributed by atoms with E-state index in [0.29, 0.717) is 0 Å². The molecule has 0 nitrogen and oxygen atoms in total. The molecule has 0 saturated heterocycles.